The molecule has 0 N–H and O–H groups in total. The molecule has 82 valence electrons. The van der Waals surface area contributed by atoms with Crippen LogP contribution in [0.3, 0.4) is 0 Å². The van der Waals surface area contributed by atoms with Gasteiger partial charge in [0.1, 0.15) is 6.54 Å². The Morgan fingerprint density at radius 1 is 1.40 bits per heavy atom. The van der Waals surface area contributed by atoms with E-state index in [2.05, 4.69) is 36.0 Å². The maximum absolute atomic E-state index is 5.46. The van der Waals surface area contributed by atoms with Gasteiger partial charge in [0.15, 0.2) is 18.7 Å². The molecule has 0 amide bonds. The molecule has 1 fully saturated rings. The van der Waals surface area contributed by atoms with Gasteiger partial charge in [-0.3, -0.25) is 0 Å². The Hall–Kier alpha value is -0.930. The number of ether oxygens (including phenoxy) is 2. The van der Waals surface area contributed by atoms with Crippen molar-refractivity contribution >= 4 is 0 Å². The molecule has 15 heavy (non-hydrogen) atoms. The first kappa shape index (κ1) is 10.6. The number of hydrogen-bond donors (Lipinski definition) is 0. The molecule has 0 radical (unpaired) electrons. The maximum Gasteiger partial charge on any atom is 0.189 e. The number of pyridine rings is 1. The smallest absolute Gasteiger partial charge is 0.189 e. The van der Waals surface area contributed by atoms with Crippen LogP contribution >= 0.6 is 0 Å². The second kappa shape index (κ2) is 5.24. The Balaban J connectivity index is 2.04. The minimum absolute atomic E-state index is 0.154. The molecular weight excluding hydrogens is 190 g/mol. The molecule has 0 aromatic carbocycles. The predicted molar refractivity (Wildman–Crippen MR) is 56.2 cm³/mol. The van der Waals surface area contributed by atoms with Crippen LogP contribution in [0.5, 0.6) is 0 Å². The van der Waals surface area contributed by atoms with Crippen LogP contribution in [-0.2, 0) is 16.0 Å². The molecular formula is C12H18NO2+. The Kier molecular flexibility index (Phi) is 3.69. The van der Waals surface area contributed by atoms with Crippen LogP contribution in [0.15, 0.2) is 24.5 Å². The molecule has 1 saturated heterocycles. The number of nitrogens with zero attached hydrogens (tertiary/aromatic N) is 1. The summed E-state index contributed by atoms with van der Waals surface area (Å²) in [5.74, 6) is 0. The van der Waals surface area contributed by atoms with Gasteiger partial charge in [0.05, 0.1) is 18.8 Å². The van der Waals surface area contributed by atoms with Crippen LogP contribution in [-0.4, -0.2) is 13.2 Å². The zero-order valence-corrected chi connectivity index (χ0v) is 9.19. The van der Waals surface area contributed by atoms with E-state index in [-0.39, 0.29) is 6.29 Å². The Morgan fingerprint density at radius 3 is 2.93 bits per heavy atom. The van der Waals surface area contributed by atoms with Gasteiger partial charge in [-0.1, -0.05) is 13.3 Å². The van der Waals surface area contributed by atoms with Gasteiger partial charge in [-0.2, -0.15) is 0 Å². The van der Waals surface area contributed by atoms with Gasteiger partial charge < -0.3 is 9.47 Å². The van der Waals surface area contributed by atoms with Gasteiger partial charge >= 0.3 is 0 Å². The summed E-state index contributed by atoms with van der Waals surface area (Å²) in [6, 6.07) is 4.11. The van der Waals surface area contributed by atoms with Crippen molar-refractivity contribution in [1.82, 2.24) is 0 Å². The quantitative estimate of drug-likeness (QED) is 0.704. The van der Waals surface area contributed by atoms with Crippen molar-refractivity contribution in [3.05, 3.63) is 30.1 Å². The average molecular weight is 208 g/mol. The van der Waals surface area contributed by atoms with Gasteiger partial charge in [0.2, 0.25) is 0 Å². The Bertz CT molecular complexity index is 308. The van der Waals surface area contributed by atoms with Crippen LogP contribution in [0.25, 0.3) is 0 Å². The summed E-state index contributed by atoms with van der Waals surface area (Å²) in [6.07, 6.45) is 6.48. The fraction of sp³-hybridized carbons (Fsp3) is 0.583. The molecule has 0 aliphatic carbocycles. The van der Waals surface area contributed by atoms with E-state index in [1.807, 2.05) is 0 Å². The first-order chi connectivity index (χ1) is 7.40. The summed E-state index contributed by atoms with van der Waals surface area (Å²) in [6.45, 7) is 4.67. The molecule has 2 rings (SSSR count). The van der Waals surface area contributed by atoms with E-state index in [1.54, 1.807) is 0 Å². The topological polar surface area (TPSA) is 22.3 Å². The molecule has 3 nitrogen and oxygen atoms in total. The highest BCUT2D eigenvalue weighted by atomic mass is 16.7. The van der Waals surface area contributed by atoms with E-state index in [9.17, 15) is 0 Å². The van der Waals surface area contributed by atoms with Crippen LogP contribution < -0.4 is 4.57 Å². The lowest BCUT2D eigenvalue weighted by atomic mass is 10.2. The van der Waals surface area contributed by atoms with Crippen LogP contribution in [0.4, 0.5) is 0 Å². The molecule has 1 aromatic rings. The van der Waals surface area contributed by atoms with Crippen molar-refractivity contribution < 1.29 is 14.0 Å². The van der Waals surface area contributed by atoms with Gasteiger partial charge in [0.25, 0.3) is 0 Å². The standard InChI is InChI=1S/C12H18NO2/c1-2-3-6-13-7-4-5-11(10-13)12-14-8-9-15-12/h4-5,7,10,12H,2-3,6,8-9H2,1H3/q+1. The van der Waals surface area contributed by atoms with Gasteiger partial charge in [-0.05, 0) is 6.07 Å². The molecule has 0 bridgehead atoms. The average Bonchev–Trinajstić information content (AvgIpc) is 2.80. The van der Waals surface area contributed by atoms with Crippen LogP contribution in [0.2, 0.25) is 0 Å². The number of aromatic nitrogens is 1. The molecule has 0 atom stereocenters. The minimum Gasteiger partial charge on any atom is -0.346 e. The summed E-state index contributed by atoms with van der Waals surface area (Å²) < 4.78 is 13.1. The first-order valence-electron chi connectivity index (χ1n) is 5.62. The molecule has 3 heteroatoms. The second-order valence-electron chi connectivity index (χ2n) is 3.80. The summed E-state index contributed by atoms with van der Waals surface area (Å²) in [5, 5.41) is 0. The molecule has 1 aliphatic rings. The van der Waals surface area contributed by atoms with Crippen molar-refractivity contribution in [2.45, 2.75) is 32.6 Å². The lowest BCUT2D eigenvalue weighted by Crippen LogP contribution is -2.33. The largest absolute Gasteiger partial charge is 0.346 e. The van der Waals surface area contributed by atoms with Gasteiger partial charge in [0, 0.05) is 12.5 Å². The van der Waals surface area contributed by atoms with E-state index >= 15 is 0 Å². The second-order valence-corrected chi connectivity index (χ2v) is 3.80. The minimum atomic E-state index is -0.154. The fourth-order valence-corrected chi connectivity index (χ4v) is 1.71. The van der Waals surface area contributed by atoms with E-state index < -0.39 is 0 Å². The number of hydrogen-bond acceptors (Lipinski definition) is 2. The number of unbranched alkanes of at least 4 members (excludes halogenated alkanes) is 1. The van der Waals surface area contributed by atoms with E-state index in [0.717, 1.165) is 12.1 Å². The lowest BCUT2D eigenvalue weighted by molar-refractivity contribution is -0.698. The summed E-state index contributed by atoms with van der Waals surface area (Å²) in [4.78, 5) is 0. The highest BCUT2D eigenvalue weighted by molar-refractivity contribution is 5.07. The molecule has 0 spiro atoms. The normalized spacial score (nSPS) is 17.1. The molecule has 0 saturated carbocycles. The van der Waals surface area contributed by atoms with Crippen molar-refractivity contribution in [2.24, 2.45) is 0 Å². The zero-order chi connectivity index (χ0) is 10.5. The number of rotatable bonds is 4. The maximum atomic E-state index is 5.46. The summed E-state index contributed by atoms with van der Waals surface area (Å²) >= 11 is 0. The third-order valence-corrected chi connectivity index (χ3v) is 2.54. The van der Waals surface area contributed by atoms with Crippen molar-refractivity contribution in [1.29, 1.82) is 0 Å². The first-order valence-corrected chi connectivity index (χ1v) is 5.62. The monoisotopic (exact) mass is 208 g/mol. The molecule has 2 heterocycles. The van der Waals surface area contributed by atoms with Gasteiger partial charge in [-0.25, -0.2) is 4.57 Å². The van der Waals surface area contributed by atoms with E-state index in [4.69, 9.17) is 9.47 Å². The molecule has 0 unspecified atom stereocenters. The zero-order valence-electron chi connectivity index (χ0n) is 9.19. The van der Waals surface area contributed by atoms with E-state index in [1.165, 1.54) is 12.8 Å². The lowest BCUT2D eigenvalue weighted by Gasteiger charge is -2.07. The Labute approximate surface area is 90.6 Å². The SMILES string of the molecule is CCCC[n+]1cccc(C2OCCO2)c1. The molecule has 1 aromatic heterocycles. The number of aryl methyl sites for hydroxylation is 1. The van der Waals surface area contributed by atoms with Gasteiger partial charge in [-0.15, -0.1) is 0 Å². The van der Waals surface area contributed by atoms with Crippen LogP contribution in [0.1, 0.15) is 31.6 Å². The third kappa shape index (κ3) is 2.76. The van der Waals surface area contributed by atoms with Crippen molar-refractivity contribution in [3.63, 3.8) is 0 Å². The summed E-state index contributed by atoms with van der Waals surface area (Å²) in [5.41, 5.74) is 1.12. The van der Waals surface area contributed by atoms with Crippen molar-refractivity contribution in [2.75, 3.05) is 13.2 Å². The Morgan fingerprint density at radius 2 is 2.20 bits per heavy atom. The highest BCUT2D eigenvalue weighted by Crippen LogP contribution is 2.21. The van der Waals surface area contributed by atoms with E-state index in [0.29, 0.717) is 13.2 Å². The highest BCUT2D eigenvalue weighted by Gasteiger charge is 2.20. The molecule has 1 aliphatic heterocycles. The fourth-order valence-electron chi connectivity index (χ4n) is 1.71. The van der Waals surface area contributed by atoms with Crippen LogP contribution in [0, 0.1) is 0 Å². The predicted octanol–water partition coefficient (Wildman–Crippen LogP) is 1.82. The summed E-state index contributed by atoms with van der Waals surface area (Å²) in [7, 11) is 0. The third-order valence-electron chi connectivity index (χ3n) is 2.54. The van der Waals surface area contributed by atoms with Crippen molar-refractivity contribution in [3.8, 4) is 0 Å².